The fourth-order valence-corrected chi connectivity index (χ4v) is 6.26. The number of rotatable bonds is 5. The summed E-state index contributed by atoms with van der Waals surface area (Å²) in [6.45, 7) is 11.2. The molecule has 0 aromatic rings. The van der Waals surface area contributed by atoms with Crippen molar-refractivity contribution in [2.75, 3.05) is 19.8 Å². The predicted octanol–water partition coefficient (Wildman–Crippen LogP) is 5.07. The first-order valence-electron chi connectivity index (χ1n) is 10.4. The lowest BCUT2D eigenvalue weighted by molar-refractivity contribution is -0.0977. The maximum absolute atomic E-state index is 9.05. The second-order valence-electron chi connectivity index (χ2n) is 9.47. The van der Waals surface area contributed by atoms with Crippen LogP contribution in [0.15, 0.2) is 11.6 Å². The van der Waals surface area contributed by atoms with Crippen molar-refractivity contribution in [3.63, 3.8) is 0 Å². The Balaban J connectivity index is 1.77. The molecule has 6 unspecified atom stereocenters. The lowest BCUT2D eigenvalue weighted by Crippen LogP contribution is -2.50. The zero-order valence-electron chi connectivity index (χ0n) is 16.3. The van der Waals surface area contributed by atoms with Crippen LogP contribution in [0.4, 0.5) is 0 Å². The first kappa shape index (κ1) is 18.5. The van der Waals surface area contributed by atoms with E-state index in [0.717, 1.165) is 42.1 Å². The Bertz CT molecular complexity index is 455. The smallest absolute Gasteiger partial charge is 0.0697 e. The van der Waals surface area contributed by atoms with Gasteiger partial charge in [-0.2, -0.15) is 0 Å². The molecule has 2 fully saturated rings. The Morgan fingerprint density at radius 3 is 2.75 bits per heavy atom. The highest BCUT2D eigenvalue weighted by Crippen LogP contribution is 2.58. The lowest BCUT2D eigenvalue weighted by Gasteiger charge is -2.56. The molecule has 3 aliphatic carbocycles. The van der Waals surface area contributed by atoms with Crippen LogP contribution >= 0.6 is 0 Å². The molecule has 0 radical (unpaired) electrons. The van der Waals surface area contributed by atoms with Crippen molar-refractivity contribution >= 4 is 0 Å². The fraction of sp³-hybridized carbons (Fsp3) is 0.909. The van der Waals surface area contributed by atoms with Crippen LogP contribution < -0.4 is 0 Å². The van der Waals surface area contributed by atoms with Crippen molar-refractivity contribution in [3.8, 4) is 0 Å². The molecule has 2 saturated carbocycles. The molecule has 0 amide bonds. The van der Waals surface area contributed by atoms with Crippen LogP contribution in [0.2, 0.25) is 0 Å². The van der Waals surface area contributed by atoms with Crippen molar-refractivity contribution in [2.24, 2.45) is 40.9 Å². The van der Waals surface area contributed by atoms with E-state index in [0.29, 0.717) is 12.0 Å². The lowest BCUT2D eigenvalue weighted by atomic mass is 9.49. The Kier molecular flexibility index (Phi) is 5.76. The van der Waals surface area contributed by atoms with Crippen molar-refractivity contribution < 1.29 is 9.84 Å². The van der Waals surface area contributed by atoms with E-state index in [-0.39, 0.29) is 6.61 Å². The Labute approximate surface area is 149 Å². The first-order chi connectivity index (χ1) is 11.5. The van der Waals surface area contributed by atoms with Gasteiger partial charge < -0.3 is 9.84 Å². The molecule has 1 N–H and O–H groups in total. The second-order valence-corrected chi connectivity index (χ2v) is 9.47. The molecule has 6 atom stereocenters. The Morgan fingerprint density at radius 2 is 2.04 bits per heavy atom. The summed E-state index contributed by atoms with van der Waals surface area (Å²) in [7, 11) is 0. The molecule has 0 aromatic heterocycles. The van der Waals surface area contributed by atoms with Crippen molar-refractivity contribution in [3.05, 3.63) is 11.6 Å². The molecule has 138 valence electrons. The molecule has 0 aromatic carbocycles. The number of ether oxygens (including phenoxy) is 1. The van der Waals surface area contributed by atoms with Gasteiger partial charge in [0.1, 0.15) is 0 Å². The number of aliphatic hydroxyl groups is 1. The Hall–Kier alpha value is -0.340. The van der Waals surface area contributed by atoms with Crippen LogP contribution in [-0.2, 0) is 4.74 Å². The van der Waals surface area contributed by atoms with Gasteiger partial charge in [0.2, 0.25) is 0 Å². The van der Waals surface area contributed by atoms with Gasteiger partial charge in [-0.1, -0.05) is 39.3 Å². The summed E-state index contributed by atoms with van der Waals surface area (Å²) in [4.78, 5) is 0. The number of hydrogen-bond donors (Lipinski definition) is 1. The molecule has 3 aliphatic rings. The highest BCUT2D eigenvalue weighted by molar-refractivity contribution is 5.15. The van der Waals surface area contributed by atoms with E-state index < -0.39 is 0 Å². The van der Waals surface area contributed by atoms with E-state index in [4.69, 9.17) is 9.84 Å². The van der Waals surface area contributed by atoms with Crippen molar-refractivity contribution in [2.45, 2.75) is 66.2 Å². The highest BCUT2D eigenvalue weighted by atomic mass is 16.5. The molecular weight excluding hydrogens is 296 g/mol. The van der Waals surface area contributed by atoms with E-state index in [1.807, 2.05) is 0 Å². The van der Waals surface area contributed by atoms with Gasteiger partial charge in [0, 0.05) is 0 Å². The zero-order chi connectivity index (χ0) is 17.3. The quantitative estimate of drug-likeness (QED) is 0.562. The minimum Gasteiger partial charge on any atom is -0.394 e. The molecule has 0 saturated heterocycles. The van der Waals surface area contributed by atoms with E-state index in [1.54, 1.807) is 5.57 Å². The maximum Gasteiger partial charge on any atom is 0.0697 e. The summed E-state index contributed by atoms with van der Waals surface area (Å²) in [6, 6.07) is 0. The standard InChI is InChI=1S/C22H38O2/c1-15(2)17-5-7-19-18(13-17)6-8-20-21(19)16(3)9-10-22(20,4)14-24-12-11-23/h13,15-16,18-21,23H,5-12,14H2,1-4H3. The summed E-state index contributed by atoms with van der Waals surface area (Å²) in [6.07, 6.45) is 10.8. The molecule has 0 spiro atoms. The largest absolute Gasteiger partial charge is 0.394 e. The number of fused-ring (bicyclic) bond motifs is 3. The third-order valence-electron chi connectivity index (χ3n) is 7.65. The summed E-state index contributed by atoms with van der Waals surface area (Å²) >= 11 is 0. The maximum atomic E-state index is 9.05. The number of hydrogen-bond acceptors (Lipinski definition) is 2. The first-order valence-corrected chi connectivity index (χ1v) is 10.4. The average Bonchev–Trinajstić information content (AvgIpc) is 2.57. The molecule has 0 aliphatic heterocycles. The molecule has 2 nitrogen and oxygen atoms in total. The van der Waals surface area contributed by atoms with E-state index in [9.17, 15) is 0 Å². The highest BCUT2D eigenvalue weighted by Gasteiger charge is 2.51. The van der Waals surface area contributed by atoms with Gasteiger partial charge in [-0.15, -0.1) is 0 Å². The summed E-state index contributed by atoms with van der Waals surface area (Å²) in [5.74, 6) is 5.02. The third kappa shape index (κ3) is 3.46. The van der Waals surface area contributed by atoms with Gasteiger partial charge in [-0.05, 0) is 79.4 Å². The molecule has 0 bridgehead atoms. The van der Waals surface area contributed by atoms with Gasteiger partial charge in [0.15, 0.2) is 0 Å². The minimum atomic E-state index is 0.147. The number of aliphatic hydroxyl groups excluding tert-OH is 1. The summed E-state index contributed by atoms with van der Waals surface area (Å²) in [5.41, 5.74) is 2.03. The number of allylic oxidation sites excluding steroid dienone is 2. The normalized spacial score (nSPS) is 42.4. The van der Waals surface area contributed by atoms with E-state index in [1.165, 1.54) is 38.5 Å². The molecule has 24 heavy (non-hydrogen) atoms. The van der Waals surface area contributed by atoms with Crippen LogP contribution in [0.5, 0.6) is 0 Å². The Morgan fingerprint density at radius 1 is 1.25 bits per heavy atom. The minimum absolute atomic E-state index is 0.147. The van der Waals surface area contributed by atoms with Gasteiger partial charge in [0.25, 0.3) is 0 Å². The monoisotopic (exact) mass is 334 g/mol. The van der Waals surface area contributed by atoms with Crippen molar-refractivity contribution in [1.82, 2.24) is 0 Å². The molecule has 3 rings (SSSR count). The van der Waals surface area contributed by atoms with Gasteiger partial charge in [-0.3, -0.25) is 0 Å². The van der Waals surface area contributed by atoms with Gasteiger partial charge >= 0.3 is 0 Å². The van der Waals surface area contributed by atoms with Crippen LogP contribution in [-0.4, -0.2) is 24.9 Å². The SMILES string of the molecule is CC(C)C1=CC2CCC3C(C(C)CCC3(C)COCCO)C2CC1. The van der Waals surface area contributed by atoms with Crippen LogP contribution in [0.3, 0.4) is 0 Å². The zero-order valence-corrected chi connectivity index (χ0v) is 16.3. The topological polar surface area (TPSA) is 29.5 Å². The van der Waals surface area contributed by atoms with Crippen LogP contribution in [0.25, 0.3) is 0 Å². The van der Waals surface area contributed by atoms with E-state index in [2.05, 4.69) is 33.8 Å². The third-order valence-corrected chi connectivity index (χ3v) is 7.65. The molecule has 2 heteroatoms. The predicted molar refractivity (Wildman–Crippen MR) is 99.8 cm³/mol. The second kappa shape index (κ2) is 7.50. The molecular formula is C22H38O2. The van der Waals surface area contributed by atoms with Crippen molar-refractivity contribution in [1.29, 1.82) is 0 Å². The van der Waals surface area contributed by atoms with Gasteiger partial charge in [-0.25, -0.2) is 0 Å². The molecule has 0 heterocycles. The van der Waals surface area contributed by atoms with Crippen LogP contribution in [0.1, 0.15) is 66.2 Å². The fourth-order valence-electron chi connectivity index (χ4n) is 6.26. The van der Waals surface area contributed by atoms with Crippen LogP contribution in [0, 0.1) is 40.9 Å². The summed E-state index contributed by atoms with van der Waals surface area (Å²) < 4.78 is 5.83. The van der Waals surface area contributed by atoms with E-state index >= 15 is 0 Å². The van der Waals surface area contributed by atoms with Gasteiger partial charge in [0.05, 0.1) is 19.8 Å². The summed E-state index contributed by atoms with van der Waals surface area (Å²) in [5, 5.41) is 9.05. The average molecular weight is 335 g/mol.